The van der Waals surface area contributed by atoms with Crippen LogP contribution in [0.3, 0.4) is 0 Å². The first-order chi connectivity index (χ1) is 10.3. The molecule has 0 radical (unpaired) electrons. The second kappa shape index (κ2) is 6.18. The molecule has 0 unspecified atom stereocenters. The number of nitrogens with zero attached hydrogens (tertiary/aromatic N) is 2. The molecule has 104 valence electrons. The Balaban J connectivity index is 1.82. The molecule has 1 heterocycles. The van der Waals surface area contributed by atoms with Crippen LogP contribution in [0.5, 0.6) is 0 Å². The van der Waals surface area contributed by atoms with Crippen LogP contribution < -0.4 is 5.73 Å². The van der Waals surface area contributed by atoms with Gasteiger partial charge in [0.05, 0.1) is 5.69 Å². The summed E-state index contributed by atoms with van der Waals surface area (Å²) >= 11 is 0. The van der Waals surface area contributed by atoms with Crippen molar-refractivity contribution in [3.8, 4) is 11.3 Å². The van der Waals surface area contributed by atoms with Crippen molar-refractivity contribution >= 4 is 5.82 Å². The van der Waals surface area contributed by atoms with E-state index in [0.717, 1.165) is 29.7 Å². The lowest BCUT2D eigenvalue weighted by atomic mass is 10.0. The summed E-state index contributed by atoms with van der Waals surface area (Å²) in [6, 6.07) is 22.5. The fourth-order valence-corrected chi connectivity index (χ4v) is 2.31. The van der Waals surface area contributed by atoms with Gasteiger partial charge in [-0.05, 0) is 30.0 Å². The molecule has 0 saturated carbocycles. The number of benzene rings is 2. The van der Waals surface area contributed by atoms with E-state index in [1.807, 2.05) is 42.5 Å². The summed E-state index contributed by atoms with van der Waals surface area (Å²) in [5, 5.41) is 8.28. The average Bonchev–Trinajstić information content (AvgIpc) is 2.56. The maximum Gasteiger partial charge on any atom is 0.149 e. The van der Waals surface area contributed by atoms with Crippen LogP contribution in [0.25, 0.3) is 11.3 Å². The van der Waals surface area contributed by atoms with Crippen molar-refractivity contribution < 1.29 is 0 Å². The summed E-state index contributed by atoms with van der Waals surface area (Å²) in [5.41, 5.74) is 10.2. The molecule has 3 nitrogen and oxygen atoms in total. The average molecular weight is 275 g/mol. The number of hydrogen-bond acceptors (Lipinski definition) is 3. The quantitative estimate of drug-likeness (QED) is 0.792. The number of rotatable bonds is 4. The summed E-state index contributed by atoms with van der Waals surface area (Å²) in [6.07, 6.45) is 1.82. The van der Waals surface area contributed by atoms with Gasteiger partial charge in [-0.15, -0.1) is 10.2 Å². The number of hydrogen-bond donors (Lipinski definition) is 1. The lowest BCUT2D eigenvalue weighted by molar-refractivity contribution is 0.930. The van der Waals surface area contributed by atoms with Gasteiger partial charge in [0.2, 0.25) is 0 Å². The summed E-state index contributed by atoms with van der Waals surface area (Å²) in [7, 11) is 0. The fraction of sp³-hybridized carbons (Fsp3) is 0.111. The molecule has 0 atom stereocenters. The zero-order valence-electron chi connectivity index (χ0n) is 11.7. The van der Waals surface area contributed by atoms with Gasteiger partial charge in [0, 0.05) is 5.56 Å². The molecule has 0 aliphatic rings. The highest BCUT2D eigenvalue weighted by atomic mass is 15.1. The first-order valence-corrected chi connectivity index (χ1v) is 7.04. The van der Waals surface area contributed by atoms with Crippen LogP contribution in [-0.2, 0) is 12.8 Å². The van der Waals surface area contributed by atoms with Gasteiger partial charge in [0.25, 0.3) is 0 Å². The number of nitrogen functional groups attached to an aromatic ring is 1. The number of aromatic nitrogens is 2. The molecule has 0 bridgehead atoms. The van der Waals surface area contributed by atoms with E-state index in [1.54, 1.807) is 0 Å². The second-order valence-electron chi connectivity index (χ2n) is 4.99. The predicted molar refractivity (Wildman–Crippen MR) is 85.7 cm³/mol. The molecule has 21 heavy (non-hydrogen) atoms. The molecule has 0 aliphatic heterocycles. The third-order valence-electron chi connectivity index (χ3n) is 3.50. The minimum absolute atomic E-state index is 0.519. The Labute approximate surface area is 124 Å². The number of anilines is 1. The van der Waals surface area contributed by atoms with Crippen molar-refractivity contribution in [2.45, 2.75) is 12.8 Å². The molecular formula is C18H17N3. The zero-order valence-corrected chi connectivity index (χ0v) is 11.7. The van der Waals surface area contributed by atoms with E-state index < -0.39 is 0 Å². The lowest BCUT2D eigenvalue weighted by Crippen LogP contribution is -2.03. The van der Waals surface area contributed by atoms with Crippen LogP contribution in [0.1, 0.15) is 11.1 Å². The topological polar surface area (TPSA) is 51.8 Å². The van der Waals surface area contributed by atoms with E-state index in [0.29, 0.717) is 5.82 Å². The highest BCUT2D eigenvalue weighted by molar-refractivity contribution is 5.61. The molecule has 0 spiro atoms. The van der Waals surface area contributed by atoms with Gasteiger partial charge in [-0.2, -0.15) is 0 Å². The van der Waals surface area contributed by atoms with Gasteiger partial charge in [0.15, 0.2) is 0 Å². The Morgan fingerprint density at radius 3 is 2.14 bits per heavy atom. The van der Waals surface area contributed by atoms with Crippen LogP contribution in [0.4, 0.5) is 5.82 Å². The van der Waals surface area contributed by atoms with Crippen LogP contribution in [0, 0.1) is 0 Å². The van der Waals surface area contributed by atoms with E-state index in [-0.39, 0.29) is 0 Å². The van der Waals surface area contributed by atoms with Gasteiger partial charge >= 0.3 is 0 Å². The molecule has 3 rings (SSSR count). The molecule has 3 heteroatoms. The molecule has 0 aliphatic carbocycles. The van der Waals surface area contributed by atoms with E-state index in [4.69, 9.17) is 5.73 Å². The molecule has 1 aromatic heterocycles. The van der Waals surface area contributed by atoms with Crippen LogP contribution in [-0.4, -0.2) is 10.2 Å². The van der Waals surface area contributed by atoms with Crippen molar-refractivity contribution in [1.82, 2.24) is 10.2 Å². The van der Waals surface area contributed by atoms with Gasteiger partial charge in [-0.3, -0.25) is 0 Å². The monoisotopic (exact) mass is 275 g/mol. The van der Waals surface area contributed by atoms with Gasteiger partial charge in [0.1, 0.15) is 5.82 Å². The highest BCUT2D eigenvalue weighted by Crippen LogP contribution is 2.20. The molecule has 0 fully saturated rings. The van der Waals surface area contributed by atoms with E-state index in [9.17, 15) is 0 Å². The van der Waals surface area contributed by atoms with E-state index >= 15 is 0 Å². The van der Waals surface area contributed by atoms with Crippen molar-refractivity contribution in [3.63, 3.8) is 0 Å². The maximum atomic E-state index is 5.96. The smallest absolute Gasteiger partial charge is 0.149 e. The van der Waals surface area contributed by atoms with Crippen molar-refractivity contribution in [2.24, 2.45) is 0 Å². The predicted octanol–water partition coefficient (Wildman–Crippen LogP) is 3.51. The second-order valence-corrected chi connectivity index (χ2v) is 4.99. The molecule has 2 aromatic carbocycles. The molecule has 3 aromatic rings. The first-order valence-electron chi connectivity index (χ1n) is 7.04. The van der Waals surface area contributed by atoms with Crippen molar-refractivity contribution in [3.05, 3.63) is 77.9 Å². The van der Waals surface area contributed by atoms with Gasteiger partial charge in [-0.1, -0.05) is 60.7 Å². The third kappa shape index (κ3) is 3.26. The Hall–Kier alpha value is -2.68. The van der Waals surface area contributed by atoms with Crippen molar-refractivity contribution in [1.29, 1.82) is 0 Å². The van der Waals surface area contributed by atoms with Crippen LogP contribution >= 0.6 is 0 Å². The Kier molecular flexibility index (Phi) is 3.92. The molecule has 2 N–H and O–H groups in total. The maximum absolute atomic E-state index is 5.96. The Bertz CT molecular complexity index is 709. The van der Waals surface area contributed by atoms with Crippen LogP contribution in [0.15, 0.2) is 66.7 Å². The van der Waals surface area contributed by atoms with Crippen LogP contribution in [0.2, 0.25) is 0 Å². The highest BCUT2D eigenvalue weighted by Gasteiger charge is 2.06. The third-order valence-corrected chi connectivity index (χ3v) is 3.50. The largest absolute Gasteiger partial charge is 0.382 e. The summed E-state index contributed by atoms with van der Waals surface area (Å²) in [5.74, 6) is 0.519. The first kappa shape index (κ1) is 13.3. The standard InChI is InChI=1S/C18H17N3/c19-18-16(12-11-14-7-3-1-4-8-14)13-17(20-21-18)15-9-5-2-6-10-15/h1-10,13H,11-12H2,(H2,19,21). The summed E-state index contributed by atoms with van der Waals surface area (Å²) < 4.78 is 0. The minimum Gasteiger partial charge on any atom is -0.382 e. The van der Waals surface area contributed by atoms with Gasteiger partial charge in [-0.25, -0.2) is 0 Å². The van der Waals surface area contributed by atoms with E-state index in [1.165, 1.54) is 5.56 Å². The normalized spacial score (nSPS) is 10.5. The van der Waals surface area contributed by atoms with E-state index in [2.05, 4.69) is 34.5 Å². The lowest BCUT2D eigenvalue weighted by Gasteiger charge is -2.07. The molecule has 0 amide bonds. The minimum atomic E-state index is 0.519. The molecule has 0 saturated heterocycles. The zero-order chi connectivity index (χ0) is 14.5. The number of nitrogens with two attached hydrogens (primary N) is 1. The number of aryl methyl sites for hydroxylation is 2. The SMILES string of the molecule is Nc1nnc(-c2ccccc2)cc1CCc1ccccc1. The fourth-order valence-electron chi connectivity index (χ4n) is 2.31. The van der Waals surface area contributed by atoms with Gasteiger partial charge < -0.3 is 5.73 Å². The Morgan fingerprint density at radius 2 is 1.43 bits per heavy atom. The molecular weight excluding hydrogens is 258 g/mol. The van der Waals surface area contributed by atoms with Crippen molar-refractivity contribution in [2.75, 3.05) is 5.73 Å². The Morgan fingerprint density at radius 1 is 0.762 bits per heavy atom. The summed E-state index contributed by atoms with van der Waals surface area (Å²) in [6.45, 7) is 0. The summed E-state index contributed by atoms with van der Waals surface area (Å²) in [4.78, 5) is 0.